The number of nitrogen functional groups attached to an aromatic ring is 1. The fourth-order valence-electron chi connectivity index (χ4n) is 1.33. The Morgan fingerprint density at radius 1 is 1.61 bits per heavy atom. The van der Waals surface area contributed by atoms with E-state index in [-0.39, 0.29) is 11.4 Å². The summed E-state index contributed by atoms with van der Waals surface area (Å²) in [6.07, 6.45) is -7.39. The number of rotatable bonds is 3. The first-order chi connectivity index (χ1) is 8.14. The molecule has 18 heavy (non-hydrogen) atoms. The zero-order chi connectivity index (χ0) is 14.1. The van der Waals surface area contributed by atoms with Crippen LogP contribution < -0.4 is 11.1 Å². The van der Waals surface area contributed by atoms with Crippen LogP contribution in [0.1, 0.15) is 16.2 Å². The first-order valence-corrected chi connectivity index (χ1v) is 4.96. The number of nitrogens with one attached hydrogen (secondary N) is 1. The third kappa shape index (κ3) is 2.92. The Balaban J connectivity index is 2.73. The third-order valence-electron chi connectivity index (χ3n) is 2.32. The molecule has 6 nitrogen and oxygen atoms in total. The van der Waals surface area contributed by atoms with Gasteiger partial charge in [-0.3, -0.25) is 9.48 Å². The number of halogens is 3. The summed E-state index contributed by atoms with van der Waals surface area (Å²) in [5.74, 6) is -0.820. The van der Waals surface area contributed by atoms with Crippen LogP contribution in [0.4, 0.5) is 18.9 Å². The maximum atomic E-state index is 12.0. The molecular formula is C9H13F3N4O2. The molecule has 0 aliphatic rings. The number of amides is 1. The molecule has 0 spiro atoms. The third-order valence-corrected chi connectivity index (χ3v) is 2.32. The average molecular weight is 266 g/mol. The van der Waals surface area contributed by atoms with E-state index in [1.54, 1.807) is 6.92 Å². The van der Waals surface area contributed by atoms with E-state index >= 15 is 0 Å². The molecule has 102 valence electrons. The van der Waals surface area contributed by atoms with Gasteiger partial charge in [0.2, 0.25) is 0 Å². The van der Waals surface area contributed by atoms with Gasteiger partial charge in [-0.15, -0.1) is 0 Å². The number of nitrogens with two attached hydrogens (primary N) is 1. The smallest absolute Gasteiger partial charge is 0.395 e. The molecule has 0 aliphatic heterocycles. The number of aliphatic hydroxyl groups excluding tert-OH is 1. The van der Waals surface area contributed by atoms with Crippen molar-refractivity contribution < 1.29 is 23.1 Å². The second-order valence-corrected chi connectivity index (χ2v) is 3.74. The Bertz CT molecular complexity index is 455. The minimum atomic E-state index is -4.78. The second-order valence-electron chi connectivity index (χ2n) is 3.74. The number of aliphatic hydroxyl groups is 1. The van der Waals surface area contributed by atoms with E-state index in [2.05, 4.69) is 5.10 Å². The lowest BCUT2D eigenvalue weighted by molar-refractivity contribution is -0.201. The van der Waals surface area contributed by atoms with Crippen molar-refractivity contribution in [3.8, 4) is 0 Å². The van der Waals surface area contributed by atoms with Crippen molar-refractivity contribution in [2.75, 3.05) is 12.3 Å². The summed E-state index contributed by atoms with van der Waals surface area (Å²) in [6.45, 7) is 0.628. The number of aromatic nitrogens is 2. The van der Waals surface area contributed by atoms with Gasteiger partial charge in [0.1, 0.15) is 5.69 Å². The highest BCUT2D eigenvalue weighted by atomic mass is 19.4. The zero-order valence-corrected chi connectivity index (χ0v) is 9.75. The summed E-state index contributed by atoms with van der Waals surface area (Å²) in [4.78, 5) is 11.6. The molecule has 4 N–H and O–H groups in total. The summed E-state index contributed by atoms with van der Waals surface area (Å²) in [5, 5.41) is 14.5. The minimum absolute atomic E-state index is 0.0399. The van der Waals surface area contributed by atoms with Crippen molar-refractivity contribution in [1.29, 1.82) is 0 Å². The largest absolute Gasteiger partial charge is 0.416 e. The van der Waals surface area contributed by atoms with Gasteiger partial charge in [-0.2, -0.15) is 18.3 Å². The molecule has 0 fully saturated rings. The van der Waals surface area contributed by atoms with E-state index in [9.17, 15) is 18.0 Å². The van der Waals surface area contributed by atoms with Gasteiger partial charge in [0.05, 0.1) is 17.9 Å². The van der Waals surface area contributed by atoms with Gasteiger partial charge in [0.15, 0.2) is 6.10 Å². The summed E-state index contributed by atoms with van der Waals surface area (Å²) in [7, 11) is 1.44. The van der Waals surface area contributed by atoms with Gasteiger partial charge in [-0.25, -0.2) is 0 Å². The molecule has 0 saturated heterocycles. The molecule has 0 aromatic carbocycles. The Morgan fingerprint density at radius 2 is 2.17 bits per heavy atom. The first kappa shape index (κ1) is 14.3. The van der Waals surface area contributed by atoms with E-state index in [1.807, 2.05) is 5.32 Å². The van der Waals surface area contributed by atoms with Crippen LogP contribution in [0, 0.1) is 6.92 Å². The van der Waals surface area contributed by atoms with Crippen LogP contribution in [-0.4, -0.2) is 39.6 Å². The second kappa shape index (κ2) is 4.84. The van der Waals surface area contributed by atoms with Gasteiger partial charge in [-0.1, -0.05) is 0 Å². The van der Waals surface area contributed by atoms with Crippen LogP contribution in [-0.2, 0) is 7.05 Å². The van der Waals surface area contributed by atoms with E-state index in [0.29, 0.717) is 5.69 Å². The maximum absolute atomic E-state index is 12.0. The lowest BCUT2D eigenvalue weighted by Crippen LogP contribution is -2.41. The molecule has 1 aromatic heterocycles. The van der Waals surface area contributed by atoms with Gasteiger partial charge < -0.3 is 16.2 Å². The van der Waals surface area contributed by atoms with Crippen molar-refractivity contribution in [3.05, 3.63) is 11.4 Å². The minimum Gasteiger partial charge on any atom is -0.395 e. The summed E-state index contributed by atoms with van der Waals surface area (Å²) < 4.78 is 37.2. The summed E-state index contributed by atoms with van der Waals surface area (Å²) >= 11 is 0. The number of nitrogens with zero attached hydrogens (tertiary/aromatic N) is 2. The molecule has 1 rings (SSSR count). The zero-order valence-electron chi connectivity index (χ0n) is 9.75. The summed E-state index contributed by atoms with van der Waals surface area (Å²) in [6, 6.07) is 0. The predicted molar refractivity (Wildman–Crippen MR) is 56.8 cm³/mol. The Labute approximate surface area is 101 Å². The molecule has 0 radical (unpaired) electrons. The number of hydrogen-bond donors (Lipinski definition) is 3. The van der Waals surface area contributed by atoms with Gasteiger partial charge in [0.25, 0.3) is 5.91 Å². The molecule has 9 heteroatoms. The van der Waals surface area contributed by atoms with Crippen LogP contribution in [0.2, 0.25) is 0 Å². The van der Waals surface area contributed by atoms with Crippen molar-refractivity contribution in [2.45, 2.75) is 19.2 Å². The SMILES string of the molecule is Cc1nn(C)c(C(=O)NCC(O)C(F)(F)F)c1N. The predicted octanol–water partition coefficient (Wildman–Crippen LogP) is -0.0363. The highest BCUT2D eigenvalue weighted by Gasteiger charge is 2.38. The molecule has 1 atom stereocenters. The number of hydrogen-bond acceptors (Lipinski definition) is 4. The van der Waals surface area contributed by atoms with Crippen molar-refractivity contribution in [3.63, 3.8) is 0 Å². The average Bonchev–Trinajstić information content (AvgIpc) is 2.48. The molecule has 0 saturated carbocycles. The van der Waals surface area contributed by atoms with Crippen molar-refractivity contribution in [2.24, 2.45) is 7.05 Å². The van der Waals surface area contributed by atoms with Crippen LogP contribution in [0.15, 0.2) is 0 Å². The fourth-order valence-corrected chi connectivity index (χ4v) is 1.33. The fraction of sp³-hybridized carbons (Fsp3) is 0.556. The normalized spacial score (nSPS) is 13.4. The standard InChI is InChI=1S/C9H13F3N4O2/c1-4-6(13)7(16(2)15-4)8(18)14-3-5(17)9(10,11)12/h5,17H,3,13H2,1-2H3,(H,14,18). The number of anilines is 1. The van der Waals surface area contributed by atoms with Gasteiger partial charge in [0, 0.05) is 7.05 Å². The molecule has 1 unspecified atom stereocenters. The van der Waals surface area contributed by atoms with E-state index in [1.165, 1.54) is 11.7 Å². The lowest BCUT2D eigenvalue weighted by Gasteiger charge is -2.15. The van der Waals surface area contributed by atoms with Crippen LogP contribution in [0.25, 0.3) is 0 Å². The molecule has 0 bridgehead atoms. The van der Waals surface area contributed by atoms with Crippen molar-refractivity contribution >= 4 is 11.6 Å². The topological polar surface area (TPSA) is 93.2 Å². The van der Waals surface area contributed by atoms with E-state index in [4.69, 9.17) is 10.8 Å². The number of alkyl halides is 3. The molecule has 1 amide bonds. The van der Waals surface area contributed by atoms with Gasteiger partial charge >= 0.3 is 6.18 Å². The van der Waals surface area contributed by atoms with Crippen LogP contribution in [0.5, 0.6) is 0 Å². The van der Waals surface area contributed by atoms with E-state index in [0.717, 1.165) is 0 Å². The van der Waals surface area contributed by atoms with Crippen molar-refractivity contribution in [1.82, 2.24) is 15.1 Å². The first-order valence-electron chi connectivity index (χ1n) is 4.96. The summed E-state index contributed by atoms with van der Waals surface area (Å²) in [5.41, 5.74) is 6.02. The highest BCUT2D eigenvalue weighted by Crippen LogP contribution is 2.20. The number of carbonyl (C=O) groups excluding carboxylic acids is 1. The van der Waals surface area contributed by atoms with E-state index < -0.39 is 24.7 Å². The Morgan fingerprint density at radius 3 is 2.56 bits per heavy atom. The number of aryl methyl sites for hydroxylation is 2. The Kier molecular flexibility index (Phi) is 3.85. The molecule has 1 aromatic rings. The van der Waals surface area contributed by atoms with Crippen LogP contribution >= 0.6 is 0 Å². The van der Waals surface area contributed by atoms with Crippen LogP contribution in [0.3, 0.4) is 0 Å². The Hall–Kier alpha value is -1.77. The highest BCUT2D eigenvalue weighted by molar-refractivity contribution is 5.97. The monoisotopic (exact) mass is 266 g/mol. The molecular weight excluding hydrogens is 253 g/mol. The quantitative estimate of drug-likeness (QED) is 0.716. The lowest BCUT2D eigenvalue weighted by atomic mass is 10.2. The van der Waals surface area contributed by atoms with Gasteiger partial charge in [-0.05, 0) is 6.92 Å². The maximum Gasteiger partial charge on any atom is 0.416 e. The number of carbonyl (C=O) groups is 1. The molecule has 1 heterocycles. The molecule has 0 aliphatic carbocycles.